The van der Waals surface area contributed by atoms with Gasteiger partial charge < -0.3 is 10.1 Å². The molecule has 31 heavy (non-hydrogen) atoms. The lowest BCUT2D eigenvalue weighted by atomic mass is 10.1. The Morgan fingerprint density at radius 2 is 1.94 bits per heavy atom. The smallest absolute Gasteiger partial charge is 0.416 e. The second-order valence-electron chi connectivity index (χ2n) is 6.46. The van der Waals surface area contributed by atoms with E-state index < -0.39 is 22.6 Å². The largest absolute Gasteiger partial charge is 0.491 e. The van der Waals surface area contributed by atoms with Crippen LogP contribution < -0.4 is 10.1 Å². The standard InChI is InChI=1S/C20H17F3N4O4/c1-2-9-31-18-8-3-14(20(21,22)23)10-17(18)25-19(28)13-11-24-26(12-13)15-4-6-16(7-5-15)27(29)30/h3-8,10-12H,2,9H2,1H3,(H,25,28). The maximum atomic E-state index is 13.1. The van der Waals surface area contributed by atoms with Crippen molar-refractivity contribution in [2.45, 2.75) is 19.5 Å². The maximum Gasteiger partial charge on any atom is 0.416 e. The summed E-state index contributed by atoms with van der Waals surface area (Å²) in [7, 11) is 0. The summed E-state index contributed by atoms with van der Waals surface area (Å²) >= 11 is 0. The van der Waals surface area contributed by atoms with E-state index in [0.717, 1.165) is 18.2 Å². The fraction of sp³-hybridized carbons (Fsp3) is 0.200. The average molecular weight is 434 g/mol. The molecule has 2 aromatic carbocycles. The number of hydrogen-bond acceptors (Lipinski definition) is 5. The molecule has 0 unspecified atom stereocenters. The topological polar surface area (TPSA) is 99.3 Å². The summed E-state index contributed by atoms with van der Waals surface area (Å²) in [5.74, 6) is -0.570. The van der Waals surface area contributed by atoms with E-state index in [2.05, 4.69) is 10.4 Å². The van der Waals surface area contributed by atoms with Gasteiger partial charge >= 0.3 is 6.18 Å². The number of carbonyl (C=O) groups is 1. The van der Waals surface area contributed by atoms with Crippen LogP contribution in [0.5, 0.6) is 5.75 Å². The van der Waals surface area contributed by atoms with Crippen molar-refractivity contribution in [1.29, 1.82) is 0 Å². The summed E-state index contributed by atoms with van der Waals surface area (Å²) in [6.07, 6.45) is -1.35. The molecule has 0 aliphatic rings. The number of non-ortho nitro benzene ring substituents is 1. The Balaban J connectivity index is 1.83. The van der Waals surface area contributed by atoms with E-state index in [1.807, 2.05) is 6.92 Å². The molecule has 3 rings (SSSR count). The van der Waals surface area contributed by atoms with Gasteiger partial charge in [-0.05, 0) is 36.8 Å². The SMILES string of the molecule is CCCOc1ccc(C(F)(F)F)cc1NC(=O)c1cnn(-c2ccc([N+](=O)[O-])cc2)c1. The Morgan fingerprint density at radius 3 is 2.55 bits per heavy atom. The van der Waals surface area contributed by atoms with Gasteiger partial charge in [0.05, 0.1) is 40.2 Å². The molecule has 0 aliphatic carbocycles. The van der Waals surface area contributed by atoms with Crippen LogP contribution in [0.2, 0.25) is 0 Å². The first-order valence-corrected chi connectivity index (χ1v) is 9.14. The van der Waals surface area contributed by atoms with Gasteiger partial charge in [0.2, 0.25) is 0 Å². The van der Waals surface area contributed by atoms with Crippen molar-refractivity contribution in [2.75, 3.05) is 11.9 Å². The number of carbonyl (C=O) groups excluding carboxylic acids is 1. The van der Waals surface area contributed by atoms with Crippen LogP contribution in [-0.4, -0.2) is 27.2 Å². The molecule has 0 atom stereocenters. The number of anilines is 1. The predicted octanol–water partition coefficient (Wildman–Crippen LogP) is 4.84. The van der Waals surface area contributed by atoms with Crippen LogP contribution in [0.3, 0.4) is 0 Å². The van der Waals surface area contributed by atoms with E-state index in [1.54, 1.807) is 0 Å². The molecule has 3 aromatic rings. The zero-order valence-corrected chi connectivity index (χ0v) is 16.2. The number of benzene rings is 2. The Kier molecular flexibility index (Phi) is 6.23. The highest BCUT2D eigenvalue weighted by molar-refractivity contribution is 6.04. The lowest BCUT2D eigenvalue weighted by Gasteiger charge is -2.14. The zero-order chi connectivity index (χ0) is 22.6. The van der Waals surface area contributed by atoms with Gasteiger partial charge in [0.15, 0.2) is 0 Å². The number of rotatable bonds is 7. The van der Waals surface area contributed by atoms with Gasteiger partial charge in [-0.3, -0.25) is 14.9 Å². The number of alkyl halides is 3. The first-order chi connectivity index (χ1) is 14.7. The molecule has 1 heterocycles. The summed E-state index contributed by atoms with van der Waals surface area (Å²) in [4.78, 5) is 22.8. The van der Waals surface area contributed by atoms with Gasteiger partial charge in [-0.1, -0.05) is 6.92 Å². The van der Waals surface area contributed by atoms with Crippen molar-refractivity contribution >= 4 is 17.3 Å². The molecule has 8 nitrogen and oxygen atoms in total. The highest BCUT2D eigenvalue weighted by Gasteiger charge is 2.31. The fourth-order valence-electron chi connectivity index (χ4n) is 2.64. The number of ether oxygens (including phenoxy) is 1. The molecular formula is C20H17F3N4O4. The molecule has 0 saturated carbocycles. The van der Waals surface area contributed by atoms with Gasteiger partial charge in [-0.2, -0.15) is 18.3 Å². The number of hydrogen-bond donors (Lipinski definition) is 1. The monoisotopic (exact) mass is 434 g/mol. The maximum absolute atomic E-state index is 13.1. The normalized spacial score (nSPS) is 11.2. The van der Waals surface area contributed by atoms with Crippen LogP contribution in [0, 0.1) is 10.1 Å². The molecule has 1 amide bonds. The summed E-state index contributed by atoms with van der Waals surface area (Å²) < 4.78 is 46.0. The third-order valence-corrected chi connectivity index (χ3v) is 4.19. The van der Waals surface area contributed by atoms with Gasteiger partial charge in [0.1, 0.15) is 5.75 Å². The fourth-order valence-corrected chi connectivity index (χ4v) is 2.64. The first-order valence-electron chi connectivity index (χ1n) is 9.14. The summed E-state index contributed by atoms with van der Waals surface area (Å²) in [5.41, 5.74) is -0.587. The highest BCUT2D eigenvalue weighted by Crippen LogP contribution is 2.35. The second-order valence-corrected chi connectivity index (χ2v) is 6.46. The molecule has 0 saturated heterocycles. The number of nitrogens with zero attached hydrogens (tertiary/aromatic N) is 3. The van der Waals surface area contributed by atoms with Crippen LogP contribution in [0.1, 0.15) is 29.3 Å². The zero-order valence-electron chi connectivity index (χ0n) is 16.2. The molecule has 0 bridgehead atoms. The Hall–Kier alpha value is -3.89. The molecule has 1 aromatic heterocycles. The van der Waals surface area contributed by atoms with Crippen molar-refractivity contribution in [3.63, 3.8) is 0 Å². The number of aromatic nitrogens is 2. The summed E-state index contributed by atoms with van der Waals surface area (Å²) in [5, 5.41) is 17.2. The van der Waals surface area contributed by atoms with Crippen molar-refractivity contribution in [3.8, 4) is 11.4 Å². The Morgan fingerprint density at radius 1 is 1.23 bits per heavy atom. The minimum Gasteiger partial charge on any atom is -0.491 e. The van der Waals surface area contributed by atoms with E-state index in [0.29, 0.717) is 12.1 Å². The predicted molar refractivity (Wildman–Crippen MR) is 105 cm³/mol. The molecule has 11 heteroatoms. The van der Waals surface area contributed by atoms with Crippen LogP contribution >= 0.6 is 0 Å². The van der Waals surface area contributed by atoms with Crippen molar-refractivity contribution in [3.05, 3.63) is 76.1 Å². The van der Waals surface area contributed by atoms with Crippen LogP contribution in [0.15, 0.2) is 54.9 Å². The molecule has 162 valence electrons. The van der Waals surface area contributed by atoms with E-state index in [9.17, 15) is 28.1 Å². The quantitative estimate of drug-likeness (QED) is 0.424. The van der Waals surface area contributed by atoms with E-state index >= 15 is 0 Å². The third kappa shape index (κ3) is 5.18. The van der Waals surface area contributed by atoms with E-state index in [4.69, 9.17) is 4.74 Å². The average Bonchev–Trinajstić information content (AvgIpc) is 3.22. The molecule has 0 aliphatic heterocycles. The van der Waals surface area contributed by atoms with Gasteiger partial charge in [-0.15, -0.1) is 0 Å². The number of nitrogens with one attached hydrogen (secondary N) is 1. The van der Waals surface area contributed by atoms with Crippen molar-refractivity contribution in [2.24, 2.45) is 0 Å². The van der Waals surface area contributed by atoms with Crippen molar-refractivity contribution < 1.29 is 27.6 Å². The van der Waals surface area contributed by atoms with Gasteiger partial charge in [0.25, 0.3) is 11.6 Å². The lowest BCUT2D eigenvalue weighted by molar-refractivity contribution is -0.384. The second kappa shape index (κ2) is 8.86. The number of amides is 1. The molecule has 1 N–H and O–H groups in total. The number of nitro benzene ring substituents is 1. The molecule has 0 radical (unpaired) electrons. The van der Waals surface area contributed by atoms with E-state index in [-0.39, 0.29) is 29.3 Å². The molecule has 0 fully saturated rings. The van der Waals surface area contributed by atoms with Gasteiger partial charge in [0, 0.05) is 18.3 Å². The van der Waals surface area contributed by atoms with Crippen LogP contribution in [0.25, 0.3) is 5.69 Å². The number of nitro groups is 1. The minimum absolute atomic E-state index is 0.0807. The lowest BCUT2D eigenvalue weighted by Crippen LogP contribution is -2.14. The van der Waals surface area contributed by atoms with Crippen molar-refractivity contribution in [1.82, 2.24) is 9.78 Å². The molecule has 0 spiro atoms. The number of halogens is 3. The summed E-state index contributed by atoms with van der Waals surface area (Å²) in [6, 6.07) is 8.34. The Labute approximate surface area is 174 Å². The van der Waals surface area contributed by atoms with Gasteiger partial charge in [-0.25, -0.2) is 4.68 Å². The molecular weight excluding hydrogens is 417 g/mol. The highest BCUT2D eigenvalue weighted by atomic mass is 19.4. The third-order valence-electron chi connectivity index (χ3n) is 4.19. The van der Waals surface area contributed by atoms with E-state index in [1.165, 1.54) is 41.3 Å². The minimum atomic E-state index is -4.58. The van der Waals surface area contributed by atoms with Crippen LogP contribution in [-0.2, 0) is 6.18 Å². The summed E-state index contributed by atoms with van der Waals surface area (Å²) in [6.45, 7) is 2.11. The van der Waals surface area contributed by atoms with Crippen LogP contribution in [0.4, 0.5) is 24.5 Å². The Bertz CT molecular complexity index is 1090. The first kappa shape index (κ1) is 21.8.